The lowest BCUT2D eigenvalue weighted by molar-refractivity contribution is -0.138. The highest BCUT2D eigenvalue weighted by Crippen LogP contribution is 2.03. The lowest BCUT2D eigenvalue weighted by Crippen LogP contribution is -2.49. The van der Waals surface area contributed by atoms with Crippen molar-refractivity contribution in [2.45, 2.75) is 13.3 Å². The Balaban J connectivity index is 2.12. The van der Waals surface area contributed by atoms with E-state index in [-0.39, 0.29) is 12.5 Å². The Kier molecular flexibility index (Phi) is 7.16. The van der Waals surface area contributed by atoms with Gasteiger partial charge in [-0.1, -0.05) is 6.92 Å². The largest absolute Gasteiger partial charge is 0.382 e. The summed E-state index contributed by atoms with van der Waals surface area (Å²) in [6.45, 7) is 8.13. The Bertz CT molecular complexity index is 216. The van der Waals surface area contributed by atoms with Gasteiger partial charge in [-0.2, -0.15) is 0 Å². The number of hydrogen-bond donors (Lipinski definition) is 0. The highest BCUT2D eigenvalue weighted by Gasteiger charge is 2.20. The summed E-state index contributed by atoms with van der Waals surface area (Å²) >= 11 is 0. The normalized spacial score (nSPS) is 17.4. The Morgan fingerprint density at radius 3 is 2.47 bits per heavy atom. The average molecular weight is 244 g/mol. The molecule has 1 fully saturated rings. The lowest BCUT2D eigenvalue weighted by atomic mass is 10.3. The number of carbonyl (C=O) groups excluding carboxylic acids is 1. The molecule has 0 aromatic rings. The van der Waals surface area contributed by atoms with E-state index in [0.29, 0.717) is 13.2 Å². The fraction of sp³-hybridized carbons (Fsp3) is 0.917. The van der Waals surface area contributed by atoms with Gasteiger partial charge in [-0.05, 0) is 13.0 Å². The minimum absolute atomic E-state index is 0.0947. The third-order valence-corrected chi connectivity index (χ3v) is 2.92. The molecule has 5 heteroatoms. The zero-order valence-electron chi connectivity index (χ0n) is 11.0. The molecule has 0 radical (unpaired) electrons. The molecule has 0 aliphatic carbocycles. The topological polar surface area (TPSA) is 42.0 Å². The number of methoxy groups -OCH3 is 1. The van der Waals surface area contributed by atoms with Gasteiger partial charge in [-0.15, -0.1) is 0 Å². The van der Waals surface area contributed by atoms with E-state index in [4.69, 9.17) is 9.47 Å². The van der Waals surface area contributed by atoms with Crippen molar-refractivity contribution in [3.05, 3.63) is 0 Å². The molecule has 1 rings (SSSR count). The minimum atomic E-state index is 0.0947. The van der Waals surface area contributed by atoms with E-state index in [2.05, 4.69) is 11.8 Å². The Morgan fingerprint density at radius 2 is 1.88 bits per heavy atom. The molecule has 1 amide bonds. The molecule has 1 aliphatic heterocycles. The van der Waals surface area contributed by atoms with Gasteiger partial charge in [0.15, 0.2) is 0 Å². The van der Waals surface area contributed by atoms with Crippen molar-refractivity contribution in [1.29, 1.82) is 0 Å². The first kappa shape index (κ1) is 14.4. The van der Waals surface area contributed by atoms with Crippen LogP contribution in [0.3, 0.4) is 0 Å². The summed E-state index contributed by atoms with van der Waals surface area (Å²) in [6, 6.07) is 0. The van der Waals surface area contributed by atoms with Crippen LogP contribution in [0.15, 0.2) is 0 Å². The van der Waals surface area contributed by atoms with Crippen molar-refractivity contribution < 1.29 is 14.3 Å². The van der Waals surface area contributed by atoms with Crippen molar-refractivity contribution in [1.82, 2.24) is 9.80 Å². The second-order valence-electron chi connectivity index (χ2n) is 4.27. The van der Waals surface area contributed by atoms with Crippen LogP contribution in [0.2, 0.25) is 0 Å². The standard InChI is InChI=1S/C12H24N2O3/c1-3-4-13-5-7-14(8-6-13)12(15)11-17-10-9-16-2/h3-11H2,1-2H3. The summed E-state index contributed by atoms with van der Waals surface area (Å²) in [5, 5.41) is 0. The van der Waals surface area contributed by atoms with E-state index in [1.165, 1.54) is 6.42 Å². The minimum Gasteiger partial charge on any atom is -0.382 e. The van der Waals surface area contributed by atoms with E-state index in [1.54, 1.807) is 7.11 Å². The zero-order valence-corrected chi connectivity index (χ0v) is 11.0. The molecule has 0 bridgehead atoms. The van der Waals surface area contributed by atoms with E-state index in [9.17, 15) is 4.79 Å². The molecule has 0 N–H and O–H groups in total. The fourth-order valence-electron chi connectivity index (χ4n) is 1.93. The van der Waals surface area contributed by atoms with Crippen molar-refractivity contribution >= 4 is 5.91 Å². The van der Waals surface area contributed by atoms with Gasteiger partial charge < -0.3 is 14.4 Å². The van der Waals surface area contributed by atoms with Crippen LogP contribution in [-0.4, -0.2) is 75.4 Å². The van der Waals surface area contributed by atoms with Crippen LogP contribution in [-0.2, 0) is 14.3 Å². The van der Waals surface area contributed by atoms with Crippen LogP contribution < -0.4 is 0 Å². The van der Waals surface area contributed by atoms with Crippen molar-refractivity contribution in [3.63, 3.8) is 0 Å². The summed E-state index contributed by atoms with van der Waals surface area (Å²) in [4.78, 5) is 16.1. The summed E-state index contributed by atoms with van der Waals surface area (Å²) in [6.07, 6.45) is 1.17. The van der Waals surface area contributed by atoms with Crippen LogP contribution in [0.4, 0.5) is 0 Å². The molecule has 1 aliphatic rings. The van der Waals surface area contributed by atoms with Crippen LogP contribution in [0.5, 0.6) is 0 Å². The van der Waals surface area contributed by atoms with Gasteiger partial charge in [0, 0.05) is 33.3 Å². The first-order valence-corrected chi connectivity index (χ1v) is 6.34. The molecule has 100 valence electrons. The molecule has 1 heterocycles. The van der Waals surface area contributed by atoms with Gasteiger partial charge in [0.05, 0.1) is 13.2 Å². The van der Waals surface area contributed by atoms with Crippen molar-refractivity contribution in [2.24, 2.45) is 0 Å². The SMILES string of the molecule is CCCN1CCN(C(=O)COCCOC)CC1. The first-order valence-electron chi connectivity index (χ1n) is 6.34. The highest BCUT2D eigenvalue weighted by molar-refractivity contribution is 5.77. The Morgan fingerprint density at radius 1 is 1.18 bits per heavy atom. The van der Waals surface area contributed by atoms with Gasteiger partial charge in [0.2, 0.25) is 5.91 Å². The van der Waals surface area contributed by atoms with Crippen molar-refractivity contribution in [3.8, 4) is 0 Å². The second kappa shape index (κ2) is 8.44. The summed E-state index contributed by atoms with van der Waals surface area (Å²) in [5.41, 5.74) is 0. The first-order chi connectivity index (χ1) is 8.27. The molecule has 0 saturated carbocycles. The molecule has 0 atom stereocenters. The average Bonchev–Trinajstić information content (AvgIpc) is 2.36. The van der Waals surface area contributed by atoms with Crippen LogP contribution in [0.1, 0.15) is 13.3 Å². The van der Waals surface area contributed by atoms with Gasteiger partial charge in [-0.3, -0.25) is 9.69 Å². The van der Waals surface area contributed by atoms with Crippen molar-refractivity contribution in [2.75, 3.05) is 59.7 Å². The van der Waals surface area contributed by atoms with Crippen LogP contribution in [0.25, 0.3) is 0 Å². The van der Waals surface area contributed by atoms with Gasteiger partial charge >= 0.3 is 0 Å². The van der Waals surface area contributed by atoms with E-state index in [0.717, 1.165) is 32.7 Å². The maximum atomic E-state index is 11.8. The van der Waals surface area contributed by atoms with Gasteiger partial charge in [0.25, 0.3) is 0 Å². The molecule has 0 spiro atoms. The fourth-order valence-corrected chi connectivity index (χ4v) is 1.93. The maximum absolute atomic E-state index is 11.8. The van der Waals surface area contributed by atoms with Gasteiger partial charge in [0.1, 0.15) is 6.61 Å². The third-order valence-electron chi connectivity index (χ3n) is 2.92. The smallest absolute Gasteiger partial charge is 0.248 e. The monoisotopic (exact) mass is 244 g/mol. The number of ether oxygens (including phenoxy) is 2. The third kappa shape index (κ3) is 5.48. The summed E-state index contributed by atoms with van der Waals surface area (Å²) < 4.78 is 10.1. The molecular formula is C12H24N2O3. The molecule has 0 aromatic heterocycles. The maximum Gasteiger partial charge on any atom is 0.248 e. The predicted molar refractivity (Wildman–Crippen MR) is 66.0 cm³/mol. The number of nitrogens with zero attached hydrogens (tertiary/aromatic N) is 2. The van der Waals surface area contributed by atoms with Gasteiger partial charge in [-0.25, -0.2) is 0 Å². The molecule has 17 heavy (non-hydrogen) atoms. The molecule has 5 nitrogen and oxygen atoms in total. The molecule has 0 unspecified atom stereocenters. The highest BCUT2D eigenvalue weighted by atomic mass is 16.5. The van der Waals surface area contributed by atoms with E-state index < -0.39 is 0 Å². The predicted octanol–water partition coefficient (Wildman–Crippen LogP) is 0.204. The van der Waals surface area contributed by atoms with Crippen LogP contribution in [0, 0.1) is 0 Å². The van der Waals surface area contributed by atoms with Crippen LogP contribution >= 0.6 is 0 Å². The lowest BCUT2D eigenvalue weighted by Gasteiger charge is -2.34. The zero-order chi connectivity index (χ0) is 12.5. The summed E-state index contributed by atoms with van der Waals surface area (Å²) in [5.74, 6) is 0.0947. The number of hydrogen-bond acceptors (Lipinski definition) is 4. The Hall–Kier alpha value is -0.650. The molecule has 0 aromatic carbocycles. The number of piperazine rings is 1. The molecular weight excluding hydrogens is 220 g/mol. The van der Waals surface area contributed by atoms with E-state index in [1.807, 2.05) is 4.90 Å². The van der Waals surface area contributed by atoms with E-state index >= 15 is 0 Å². The number of rotatable bonds is 7. The summed E-state index contributed by atoms with van der Waals surface area (Å²) in [7, 11) is 1.62. The number of amides is 1. The quantitative estimate of drug-likeness (QED) is 0.600. The second-order valence-corrected chi connectivity index (χ2v) is 4.27. The number of carbonyl (C=O) groups is 1. The molecule has 1 saturated heterocycles. The Labute approximate surface area is 104 Å².